The quantitative estimate of drug-likeness (QED) is 0.823. The summed E-state index contributed by atoms with van der Waals surface area (Å²) in [6.45, 7) is 2.99. The van der Waals surface area contributed by atoms with Crippen molar-refractivity contribution in [2.75, 3.05) is 6.61 Å². The Morgan fingerprint density at radius 3 is 1.80 bits per heavy atom. The first-order valence-electron chi connectivity index (χ1n) is 9.02. The molecule has 2 unspecified atom stereocenters. The number of hydrogen-bond acceptors (Lipinski definition) is 2. The van der Waals surface area contributed by atoms with Crippen LogP contribution in [0.25, 0.3) is 0 Å². The maximum Gasteiger partial charge on any atom is 0.0774 e. The summed E-state index contributed by atoms with van der Waals surface area (Å²) in [4.78, 5) is 0. The Balaban J connectivity index is 1.42. The molecule has 3 rings (SSSR count). The second-order valence-electron chi connectivity index (χ2n) is 7.80. The summed E-state index contributed by atoms with van der Waals surface area (Å²) in [5.74, 6) is 3.79. The summed E-state index contributed by atoms with van der Waals surface area (Å²) in [6, 6.07) is 0. The van der Waals surface area contributed by atoms with Crippen molar-refractivity contribution in [3.63, 3.8) is 0 Å². The van der Waals surface area contributed by atoms with E-state index < -0.39 is 0 Å². The van der Waals surface area contributed by atoms with Crippen molar-refractivity contribution >= 4 is 0 Å². The van der Waals surface area contributed by atoms with Crippen molar-refractivity contribution in [1.29, 1.82) is 0 Å². The van der Waals surface area contributed by atoms with Crippen LogP contribution in [0.1, 0.15) is 71.1 Å². The highest BCUT2D eigenvalue weighted by molar-refractivity contribution is 4.85. The minimum absolute atomic E-state index is 0.202. The van der Waals surface area contributed by atoms with Gasteiger partial charge in [-0.3, -0.25) is 0 Å². The van der Waals surface area contributed by atoms with E-state index in [1.165, 1.54) is 51.4 Å². The first-order chi connectivity index (χ1) is 9.72. The average Bonchev–Trinajstić information content (AvgIpc) is 2.49. The predicted octanol–water partition coefficient (Wildman–Crippen LogP) is 4.16. The number of ether oxygens (including phenoxy) is 1. The van der Waals surface area contributed by atoms with E-state index >= 15 is 0 Å². The number of aliphatic hydroxyl groups excluding tert-OH is 1. The zero-order valence-corrected chi connectivity index (χ0v) is 13.1. The lowest BCUT2D eigenvalue weighted by atomic mass is 9.68. The Kier molecular flexibility index (Phi) is 5.04. The molecule has 1 heterocycles. The van der Waals surface area contributed by atoms with Crippen LogP contribution in [0.5, 0.6) is 0 Å². The fourth-order valence-corrected chi connectivity index (χ4v) is 4.88. The lowest BCUT2D eigenvalue weighted by Crippen LogP contribution is -2.37. The van der Waals surface area contributed by atoms with Crippen LogP contribution in [-0.4, -0.2) is 23.9 Å². The van der Waals surface area contributed by atoms with Gasteiger partial charge in [-0.1, -0.05) is 19.8 Å². The highest BCUT2D eigenvalue weighted by atomic mass is 16.5. The smallest absolute Gasteiger partial charge is 0.0774 e. The minimum atomic E-state index is -0.202. The van der Waals surface area contributed by atoms with Crippen LogP contribution < -0.4 is 0 Å². The fraction of sp³-hybridized carbons (Fsp3) is 1.00. The van der Waals surface area contributed by atoms with Crippen molar-refractivity contribution < 1.29 is 9.84 Å². The van der Waals surface area contributed by atoms with Gasteiger partial charge in [0.1, 0.15) is 0 Å². The third kappa shape index (κ3) is 3.57. The molecule has 0 bridgehead atoms. The summed E-state index contributed by atoms with van der Waals surface area (Å²) in [6.07, 6.45) is 13.8. The maximum absolute atomic E-state index is 9.53. The summed E-state index contributed by atoms with van der Waals surface area (Å²) < 4.78 is 5.87. The molecule has 2 saturated carbocycles. The van der Waals surface area contributed by atoms with Crippen LogP contribution in [0, 0.1) is 23.7 Å². The molecule has 2 nitrogen and oxygen atoms in total. The molecular weight excluding hydrogens is 248 g/mol. The van der Waals surface area contributed by atoms with Gasteiger partial charge in [0.2, 0.25) is 0 Å². The van der Waals surface area contributed by atoms with Gasteiger partial charge in [0.25, 0.3) is 0 Å². The molecule has 0 aromatic heterocycles. The molecule has 2 atom stereocenters. The van der Waals surface area contributed by atoms with Gasteiger partial charge in [-0.25, -0.2) is 0 Å². The number of rotatable bonds is 2. The Morgan fingerprint density at radius 1 is 0.700 bits per heavy atom. The van der Waals surface area contributed by atoms with Gasteiger partial charge in [0, 0.05) is 0 Å². The van der Waals surface area contributed by atoms with Gasteiger partial charge >= 0.3 is 0 Å². The lowest BCUT2D eigenvalue weighted by Gasteiger charge is -2.40. The molecule has 116 valence electrons. The van der Waals surface area contributed by atoms with E-state index in [1.54, 1.807) is 0 Å². The SMILES string of the molecule is CC1CCC(C2CCC(C3CCC(O)CO3)CC2)CC1. The van der Waals surface area contributed by atoms with Crippen LogP contribution >= 0.6 is 0 Å². The molecule has 0 amide bonds. The monoisotopic (exact) mass is 280 g/mol. The topological polar surface area (TPSA) is 29.5 Å². The Morgan fingerprint density at radius 2 is 1.25 bits per heavy atom. The standard InChI is InChI=1S/C18H32O2/c1-13-2-4-14(5-3-13)15-6-8-16(9-7-15)18-11-10-17(19)12-20-18/h13-19H,2-12H2,1H3. The summed E-state index contributed by atoms with van der Waals surface area (Å²) in [5.41, 5.74) is 0. The summed E-state index contributed by atoms with van der Waals surface area (Å²) in [5, 5.41) is 9.53. The molecule has 1 N–H and O–H groups in total. The summed E-state index contributed by atoms with van der Waals surface area (Å²) in [7, 11) is 0. The second-order valence-corrected chi connectivity index (χ2v) is 7.80. The van der Waals surface area contributed by atoms with E-state index in [4.69, 9.17) is 4.74 Å². The number of aliphatic hydroxyl groups is 1. The van der Waals surface area contributed by atoms with Crippen molar-refractivity contribution in [2.45, 2.75) is 83.3 Å². The van der Waals surface area contributed by atoms with Crippen LogP contribution in [0.15, 0.2) is 0 Å². The van der Waals surface area contributed by atoms with Gasteiger partial charge in [-0.05, 0) is 75.0 Å². The van der Waals surface area contributed by atoms with Crippen molar-refractivity contribution in [3.8, 4) is 0 Å². The first kappa shape index (κ1) is 14.8. The van der Waals surface area contributed by atoms with E-state index in [2.05, 4.69) is 6.92 Å². The molecule has 1 aliphatic heterocycles. The zero-order valence-electron chi connectivity index (χ0n) is 13.1. The predicted molar refractivity (Wildman–Crippen MR) is 81.6 cm³/mol. The second kappa shape index (κ2) is 6.79. The molecule has 1 saturated heterocycles. The van der Waals surface area contributed by atoms with Gasteiger partial charge < -0.3 is 9.84 Å². The maximum atomic E-state index is 9.53. The Labute approximate surface area is 124 Å². The molecule has 0 spiro atoms. The average molecular weight is 280 g/mol. The molecule has 0 aromatic rings. The third-order valence-corrected chi connectivity index (χ3v) is 6.36. The van der Waals surface area contributed by atoms with E-state index in [0.29, 0.717) is 12.7 Å². The van der Waals surface area contributed by atoms with E-state index in [0.717, 1.165) is 36.5 Å². The molecule has 3 fully saturated rings. The Bertz CT molecular complexity index is 250. The molecule has 20 heavy (non-hydrogen) atoms. The Hall–Kier alpha value is -0.0800. The van der Waals surface area contributed by atoms with Crippen molar-refractivity contribution in [1.82, 2.24) is 0 Å². The fourth-order valence-electron chi connectivity index (χ4n) is 4.88. The minimum Gasteiger partial charge on any atom is -0.391 e. The van der Waals surface area contributed by atoms with E-state index in [1.807, 2.05) is 0 Å². The molecule has 3 aliphatic rings. The van der Waals surface area contributed by atoms with Crippen LogP contribution in [0.2, 0.25) is 0 Å². The molecule has 0 radical (unpaired) electrons. The summed E-state index contributed by atoms with van der Waals surface area (Å²) >= 11 is 0. The van der Waals surface area contributed by atoms with Crippen LogP contribution in [0.3, 0.4) is 0 Å². The van der Waals surface area contributed by atoms with E-state index in [-0.39, 0.29) is 6.10 Å². The van der Waals surface area contributed by atoms with Crippen LogP contribution in [0.4, 0.5) is 0 Å². The molecule has 2 aliphatic carbocycles. The van der Waals surface area contributed by atoms with Gasteiger partial charge in [-0.2, -0.15) is 0 Å². The first-order valence-corrected chi connectivity index (χ1v) is 9.02. The molecular formula is C18H32O2. The van der Waals surface area contributed by atoms with Crippen LogP contribution in [-0.2, 0) is 4.74 Å². The number of hydrogen-bond donors (Lipinski definition) is 1. The molecule has 2 heteroatoms. The van der Waals surface area contributed by atoms with Crippen molar-refractivity contribution in [2.24, 2.45) is 23.7 Å². The largest absolute Gasteiger partial charge is 0.391 e. The van der Waals surface area contributed by atoms with Gasteiger partial charge in [0.05, 0.1) is 18.8 Å². The van der Waals surface area contributed by atoms with E-state index in [9.17, 15) is 5.11 Å². The van der Waals surface area contributed by atoms with Gasteiger partial charge in [0.15, 0.2) is 0 Å². The highest BCUT2D eigenvalue weighted by Crippen LogP contribution is 2.43. The lowest BCUT2D eigenvalue weighted by molar-refractivity contribution is -0.0872. The zero-order chi connectivity index (χ0) is 13.9. The third-order valence-electron chi connectivity index (χ3n) is 6.36. The molecule has 0 aromatic carbocycles. The van der Waals surface area contributed by atoms with Gasteiger partial charge in [-0.15, -0.1) is 0 Å². The normalized spacial score (nSPS) is 47.1. The highest BCUT2D eigenvalue weighted by Gasteiger charge is 2.34. The van der Waals surface area contributed by atoms with Crippen molar-refractivity contribution in [3.05, 3.63) is 0 Å².